The number of H-pyrrole nitrogens is 1. The van der Waals surface area contributed by atoms with Gasteiger partial charge in [0, 0.05) is 30.1 Å². The zero-order valence-electron chi connectivity index (χ0n) is 14.0. The highest BCUT2D eigenvalue weighted by Crippen LogP contribution is 2.17. The van der Waals surface area contributed by atoms with E-state index in [2.05, 4.69) is 22.3 Å². The van der Waals surface area contributed by atoms with Crippen LogP contribution in [0.15, 0.2) is 41.3 Å². The van der Waals surface area contributed by atoms with E-state index in [4.69, 9.17) is 0 Å². The van der Waals surface area contributed by atoms with Gasteiger partial charge in [0.1, 0.15) is 0 Å². The maximum atomic E-state index is 12.6. The Morgan fingerprint density at radius 1 is 1.36 bits per heavy atom. The number of carbonyl (C=O) groups is 1. The van der Waals surface area contributed by atoms with Gasteiger partial charge in [0.25, 0.3) is 5.56 Å². The van der Waals surface area contributed by atoms with Crippen LogP contribution in [0, 0.1) is 0 Å². The summed E-state index contributed by atoms with van der Waals surface area (Å²) in [5.41, 5.74) is 3.79. The van der Waals surface area contributed by atoms with Crippen molar-refractivity contribution in [3.05, 3.63) is 63.7 Å². The minimum Gasteiger partial charge on any atom is -0.318 e. The van der Waals surface area contributed by atoms with Crippen LogP contribution in [-0.4, -0.2) is 32.1 Å². The van der Waals surface area contributed by atoms with Crippen molar-refractivity contribution in [3.8, 4) is 0 Å². The summed E-state index contributed by atoms with van der Waals surface area (Å²) < 4.78 is 1.44. The van der Waals surface area contributed by atoms with E-state index in [1.807, 2.05) is 24.3 Å². The van der Waals surface area contributed by atoms with Crippen molar-refractivity contribution in [2.45, 2.75) is 26.3 Å². The molecule has 1 aliphatic heterocycles. The Labute approximate surface area is 144 Å². The number of hydrogen-bond acceptors (Lipinski definition) is 3. The van der Waals surface area contributed by atoms with Crippen molar-refractivity contribution in [2.24, 2.45) is 0 Å². The van der Waals surface area contributed by atoms with E-state index >= 15 is 0 Å². The molecule has 7 nitrogen and oxygen atoms in total. The lowest BCUT2D eigenvalue weighted by Gasteiger charge is -2.27. The van der Waals surface area contributed by atoms with Crippen LogP contribution in [0.1, 0.15) is 23.7 Å². The molecule has 4 rings (SSSR count). The monoisotopic (exact) mass is 337 g/mol. The highest BCUT2D eigenvalue weighted by atomic mass is 16.2. The number of fused-ring (bicyclic) bond motifs is 2. The molecule has 1 aromatic carbocycles. The van der Waals surface area contributed by atoms with Gasteiger partial charge in [0.15, 0.2) is 5.65 Å². The summed E-state index contributed by atoms with van der Waals surface area (Å²) >= 11 is 0. The second-order valence-corrected chi connectivity index (χ2v) is 6.15. The molecule has 0 saturated heterocycles. The molecule has 7 heteroatoms. The van der Waals surface area contributed by atoms with Gasteiger partial charge in [0.2, 0.25) is 0 Å². The zero-order valence-corrected chi connectivity index (χ0v) is 14.0. The number of aromatic nitrogens is 3. The normalized spacial score (nSPS) is 13.7. The number of benzene rings is 1. The Kier molecular flexibility index (Phi) is 3.76. The van der Waals surface area contributed by atoms with Gasteiger partial charge in [-0.1, -0.05) is 19.1 Å². The van der Waals surface area contributed by atoms with E-state index in [1.165, 1.54) is 10.1 Å². The molecule has 128 valence electrons. The van der Waals surface area contributed by atoms with Crippen LogP contribution in [0.4, 0.5) is 10.5 Å². The quantitative estimate of drug-likeness (QED) is 0.752. The third kappa shape index (κ3) is 2.77. The summed E-state index contributed by atoms with van der Waals surface area (Å²) in [6.07, 6.45) is 3.10. The third-order valence-electron chi connectivity index (χ3n) is 4.57. The molecular weight excluding hydrogens is 318 g/mol. The number of aryl methyl sites for hydroxylation is 1. The van der Waals surface area contributed by atoms with Gasteiger partial charge in [-0.05, 0) is 30.5 Å². The largest absolute Gasteiger partial charge is 0.322 e. The Balaban J connectivity index is 1.56. The predicted molar refractivity (Wildman–Crippen MR) is 94.8 cm³/mol. The second-order valence-electron chi connectivity index (χ2n) is 6.15. The van der Waals surface area contributed by atoms with Crippen LogP contribution >= 0.6 is 0 Å². The fraction of sp³-hybridized carbons (Fsp3) is 0.278. The van der Waals surface area contributed by atoms with Crippen molar-refractivity contribution in [3.63, 3.8) is 0 Å². The maximum absolute atomic E-state index is 12.6. The van der Waals surface area contributed by atoms with Crippen LogP contribution in [-0.2, 0) is 19.4 Å². The molecule has 0 spiro atoms. The van der Waals surface area contributed by atoms with Gasteiger partial charge in [-0.3, -0.25) is 9.89 Å². The molecule has 0 bridgehead atoms. The van der Waals surface area contributed by atoms with Gasteiger partial charge in [-0.2, -0.15) is 0 Å². The lowest BCUT2D eigenvalue weighted by atomic mass is 10.1. The van der Waals surface area contributed by atoms with E-state index in [0.717, 1.165) is 12.1 Å². The summed E-state index contributed by atoms with van der Waals surface area (Å²) in [5, 5.41) is 5.80. The molecule has 0 saturated carbocycles. The van der Waals surface area contributed by atoms with Crippen LogP contribution in [0.2, 0.25) is 0 Å². The number of rotatable bonds is 2. The predicted octanol–water partition coefficient (Wildman–Crippen LogP) is 2.18. The third-order valence-corrected chi connectivity index (χ3v) is 4.57. The first-order valence-electron chi connectivity index (χ1n) is 8.38. The number of anilines is 1. The number of hydrogen-bond donors (Lipinski definition) is 2. The average Bonchev–Trinajstić information content (AvgIpc) is 3.10. The highest BCUT2D eigenvalue weighted by Gasteiger charge is 2.25. The molecule has 0 unspecified atom stereocenters. The van der Waals surface area contributed by atoms with E-state index in [-0.39, 0.29) is 11.6 Å². The van der Waals surface area contributed by atoms with Crippen molar-refractivity contribution < 1.29 is 4.79 Å². The summed E-state index contributed by atoms with van der Waals surface area (Å²) in [6, 6.07) is 9.40. The molecule has 3 aromatic rings. The highest BCUT2D eigenvalue weighted by molar-refractivity contribution is 5.89. The van der Waals surface area contributed by atoms with E-state index < -0.39 is 0 Å². The lowest BCUT2D eigenvalue weighted by Crippen LogP contribution is -2.41. The van der Waals surface area contributed by atoms with Gasteiger partial charge in [0.05, 0.1) is 12.2 Å². The van der Waals surface area contributed by atoms with Crippen LogP contribution in [0.5, 0.6) is 0 Å². The number of carbonyl (C=O) groups excluding carboxylic acids is 1. The summed E-state index contributed by atoms with van der Waals surface area (Å²) in [5.74, 6) is 0. The van der Waals surface area contributed by atoms with Crippen molar-refractivity contribution in [1.82, 2.24) is 19.5 Å². The van der Waals surface area contributed by atoms with Gasteiger partial charge in [-0.15, -0.1) is 0 Å². The van der Waals surface area contributed by atoms with E-state index in [1.54, 1.807) is 17.2 Å². The number of nitrogens with zero attached hydrogens (tertiary/aromatic N) is 3. The Bertz CT molecular complexity index is 1000. The summed E-state index contributed by atoms with van der Waals surface area (Å²) in [7, 11) is 0. The SMILES string of the molecule is CCc1cccc(NC(=O)N2CCc3c(nc4cc[nH]n4c3=O)C2)c1. The molecule has 0 atom stereocenters. The van der Waals surface area contributed by atoms with Crippen molar-refractivity contribution >= 4 is 17.4 Å². The molecule has 2 aromatic heterocycles. The maximum Gasteiger partial charge on any atom is 0.322 e. The molecule has 2 N–H and O–H groups in total. The fourth-order valence-corrected chi connectivity index (χ4v) is 3.17. The Morgan fingerprint density at radius 2 is 2.24 bits per heavy atom. The number of urea groups is 1. The smallest absolute Gasteiger partial charge is 0.318 e. The zero-order chi connectivity index (χ0) is 17.4. The molecule has 25 heavy (non-hydrogen) atoms. The van der Waals surface area contributed by atoms with Crippen LogP contribution < -0.4 is 10.9 Å². The first-order chi connectivity index (χ1) is 12.2. The standard InChI is InChI=1S/C18H19N5O2/c1-2-12-4-3-5-13(10-12)20-18(25)22-9-7-14-15(11-22)21-16-6-8-19-23(16)17(14)24/h3-6,8,10,19H,2,7,9,11H2,1H3,(H,20,25). The molecule has 0 fully saturated rings. The molecular formula is C18H19N5O2. The first-order valence-corrected chi connectivity index (χ1v) is 8.38. The van der Waals surface area contributed by atoms with E-state index in [9.17, 15) is 9.59 Å². The van der Waals surface area contributed by atoms with Crippen LogP contribution in [0.25, 0.3) is 5.65 Å². The van der Waals surface area contributed by atoms with Gasteiger partial charge < -0.3 is 10.2 Å². The molecule has 0 aliphatic carbocycles. The summed E-state index contributed by atoms with van der Waals surface area (Å²) in [4.78, 5) is 31.2. The number of aromatic amines is 1. The fourth-order valence-electron chi connectivity index (χ4n) is 3.17. The van der Waals surface area contributed by atoms with Gasteiger partial charge in [-0.25, -0.2) is 14.3 Å². The Hall–Kier alpha value is -3.09. The van der Waals surface area contributed by atoms with Gasteiger partial charge >= 0.3 is 6.03 Å². The minimum absolute atomic E-state index is 0.0827. The first kappa shape index (κ1) is 15.4. The van der Waals surface area contributed by atoms with Crippen molar-refractivity contribution in [2.75, 3.05) is 11.9 Å². The molecule has 2 amide bonds. The Morgan fingerprint density at radius 3 is 3.08 bits per heavy atom. The number of amides is 2. The van der Waals surface area contributed by atoms with Crippen LogP contribution in [0.3, 0.4) is 0 Å². The summed E-state index contributed by atoms with van der Waals surface area (Å²) in [6.45, 7) is 2.91. The topological polar surface area (TPSA) is 82.5 Å². The molecule has 0 radical (unpaired) electrons. The lowest BCUT2D eigenvalue weighted by molar-refractivity contribution is 0.205. The number of nitrogens with one attached hydrogen (secondary N) is 2. The molecule has 3 heterocycles. The van der Waals surface area contributed by atoms with Crippen molar-refractivity contribution in [1.29, 1.82) is 0 Å². The minimum atomic E-state index is -0.171. The average molecular weight is 337 g/mol. The molecule has 1 aliphatic rings. The van der Waals surface area contributed by atoms with E-state index in [0.29, 0.717) is 36.4 Å². The second kappa shape index (κ2) is 6.08.